The average Bonchev–Trinajstić information content (AvgIpc) is 2.86. The van der Waals surface area contributed by atoms with Gasteiger partial charge in [0.25, 0.3) is 5.91 Å². The lowest BCUT2D eigenvalue weighted by Crippen LogP contribution is -2.41. The maximum Gasteiger partial charge on any atom is 0.387 e. The lowest BCUT2D eigenvalue weighted by molar-refractivity contribution is -0.130. The number of ether oxygens (including phenoxy) is 1. The number of alkyl halides is 2. The van der Waals surface area contributed by atoms with Gasteiger partial charge in [-0.1, -0.05) is 24.3 Å². The third-order valence-electron chi connectivity index (χ3n) is 4.41. The molecule has 0 saturated carbocycles. The topological polar surface area (TPSA) is 75.7 Å². The van der Waals surface area contributed by atoms with Gasteiger partial charge in [-0.15, -0.1) is 0 Å². The minimum atomic E-state index is -2.99. The number of nitrogens with one attached hydrogen (secondary N) is 1. The molecular formula is C19H15F3N2O4. The van der Waals surface area contributed by atoms with E-state index >= 15 is 0 Å². The van der Waals surface area contributed by atoms with Crippen LogP contribution in [0.5, 0.6) is 5.75 Å². The highest BCUT2D eigenvalue weighted by Crippen LogP contribution is 2.30. The summed E-state index contributed by atoms with van der Waals surface area (Å²) in [4.78, 5) is 38.1. The molecule has 0 aromatic heterocycles. The summed E-state index contributed by atoms with van der Waals surface area (Å²) < 4.78 is 42.5. The van der Waals surface area contributed by atoms with Gasteiger partial charge in [-0.25, -0.2) is 9.18 Å². The summed E-state index contributed by atoms with van der Waals surface area (Å²) in [6, 6.07) is 9.62. The minimum absolute atomic E-state index is 0.106. The van der Waals surface area contributed by atoms with Gasteiger partial charge in [-0.05, 0) is 36.8 Å². The number of rotatable bonds is 6. The Morgan fingerprint density at radius 3 is 2.39 bits per heavy atom. The van der Waals surface area contributed by atoms with Crippen molar-refractivity contribution in [1.82, 2.24) is 10.2 Å². The van der Waals surface area contributed by atoms with E-state index in [1.54, 1.807) is 0 Å². The maximum atomic E-state index is 13.8. The Hall–Kier alpha value is -3.36. The van der Waals surface area contributed by atoms with Crippen molar-refractivity contribution < 1.29 is 32.3 Å². The predicted molar refractivity (Wildman–Crippen MR) is 91.4 cm³/mol. The molecule has 2 aromatic carbocycles. The summed E-state index contributed by atoms with van der Waals surface area (Å²) in [5.74, 6) is -2.31. The fraction of sp³-hybridized carbons (Fsp3) is 0.211. The van der Waals surface area contributed by atoms with E-state index in [4.69, 9.17) is 0 Å². The number of benzene rings is 2. The van der Waals surface area contributed by atoms with E-state index in [0.29, 0.717) is 10.5 Å². The van der Waals surface area contributed by atoms with Crippen LogP contribution >= 0.6 is 0 Å². The predicted octanol–water partition coefficient (Wildman–Crippen LogP) is 3.08. The summed E-state index contributed by atoms with van der Waals surface area (Å²) >= 11 is 0. The summed E-state index contributed by atoms with van der Waals surface area (Å²) in [6.07, 6.45) is 0. The molecule has 1 aliphatic heterocycles. The van der Waals surface area contributed by atoms with Crippen molar-refractivity contribution in [2.75, 3.05) is 6.54 Å². The Kier molecular flexibility index (Phi) is 5.08. The Labute approximate surface area is 157 Å². The largest absolute Gasteiger partial charge is 0.435 e. The van der Waals surface area contributed by atoms with Crippen LogP contribution in [0, 0.1) is 5.82 Å². The zero-order chi connectivity index (χ0) is 20.5. The van der Waals surface area contributed by atoms with Crippen molar-refractivity contribution in [3.8, 4) is 5.75 Å². The lowest BCUT2D eigenvalue weighted by Gasteiger charge is -2.22. The molecule has 1 N–H and O–H groups in total. The lowest BCUT2D eigenvalue weighted by atomic mass is 9.92. The van der Waals surface area contributed by atoms with Crippen molar-refractivity contribution in [1.29, 1.82) is 0 Å². The van der Waals surface area contributed by atoms with Crippen LogP contribution in [-0.2, 0) is 10.3 Å². The third kappa shape index (κ3) is 3.55. The highest BCUT2D eigenvalue weighted by atomic mass is 19.3. The number of imide groups is 1. The summed E-state index contributed by atoms with van der Waals surface area (Å²) in [6.45, 7) is -2.20. The van der Waals surface area contributed by atoms with E-state index in [9.17, 15) is 27.6 Å². The molecule has 2 aromatic rings. The monoisotopic (exact) mass is 392 g/mol. The Balaban J connectivity index is 1.80. The second-order valence-corrected chi connectivity index (χ2v) is 6.25. The van der Waals surface area contributed by atoms with Gasteiger partial charge in [-0.3, -0.25) is 14.5 Å². The van der Waals surface area contributed by atoms with E-state index in [1.807, 2.05) is 0 Å². The molecule has 3 rings (SSSR count). The van der Waals surface area contributed by atoms with E-state index in [1.165, 1.54) is 49.4 Å². The Bertz CT molecular complexity index is 933. The quantitative estimate of drug-likeness (QED) is 0.606. The Morgan fingerprint density at radius 2 is 1.79 bits per heavy atom. The molecule has 0 aliphatic carbocycles. The molecule has 6 nitrogen and oxygen atoms in total. The fourth-order valence-corrected chi connectivity index (χ4v) is 2.92. The summed E-state index contributed by atoms with van der Waals surface area (Å²) in [7, 11) is 0. The molecule has 3 amide bonds. The number of amides is 3. The van der Waals surface area contributed by atoms with Gasteiger partial charge in [0.1, 0.15) is 17.1 Å². The van der Waals surface area contributed by atoms with Crippen LogP contribution in [0.1, 0.15) is 22.8 Å². The number of Topliss-reactive ketones (excluding diaryl/α,β-unsaturated/α-hetero) is 1. The standard InChI is InChI=1S/C19H15F3N2O4/c1-19(11-6-8-12(9-7-11)28-17(21)22)16(26)24(18(27)23-19)10-15(25)13-4-2-3-5-14(13)20/h2-9,17H,10H2,1H3,(H,23,27)/t19-/m0/s1. The number of carbonyl (C=O) groups excluding carboxylic acids is 3. The summed E-state index contributed by atoms with van der Waals surface area (Å²) in [5, 5.41) is 2.48. The first-order chi connectivity index (χ1) is 13.2. The van der Waals surface area contributed by atoms with Crippen molar-refractivity contribution in [2.24, 2.45) is 0 Å². The van der Waals surface area contributed by atoms with E-state index in [2.05, 4.69) is 10.1 Å². The van der Waals surface area contributed by atoms with Crippen LogP contribution in [0.4, 0.5) is 18.0 Å². The number of hydrogen-bond acceptors (Lipinski definition) is 4. The van der Waals surface area contributed by atoms with Gasteiger partial charge in [-0.2, -0.15) is 8.78 Å². The number of nitrogens with zero attached hydrogens (tertiary/aromatic N) is 1. The molecule has 9 heteroatoms. The van der Waals surface area contributed by atoms with Crippen LogP contribution < -0.4 is 10.1 Å². The first-order valence-electron chi connectivity index (χ1n) is 8.19. The van der Waals surface area contributed by atoms with Crippen LogP contribution in [-0.4, -0.2) is 35.8 Å². The third-order valence-corrected chi connectivity index (χ3v) is 4.41. The molecule has 28 heavy (non-hydrogen) atoms. The molecule has 1 atom stereocenters. The van der Waals surface area contributed by atoms with Crippen molar-refractivity contribution in [2.45, 2.75) is 19.1 Å². The molecule has 1 fully saturated rings. The van der Waals surface area contributed by atoms with Crippen LogP contribution in [0.2, 0.25) is 0 Å². The molecule has 0 radical (unpaired) electrons. The fourth-order valence-electron chi connectivity index (χ4n) is 2.92. The van der Waals surface area contributed by atoms with Crippen LogP contribution in [0.3, 0.4) is 0 Å². The summed E-state index contributed by atoms with van der Waals surface area (Å²) in [5.41, 5.74) is -1.42. The van der Waals surface area contributed by atoms with Crippen molar-refractivity contribution in [3.63, 3.8) is 0 Å². The maximum absolute atomic E-state index is 13.8. The smallest absolute Gasteiger partial charge is 0.387 e. The first kappa shape index (κ1) is 19.4. The average molecular weight is 392 g/mol. The van der Waals surface area contributed by atoms with Gasteiger partial charge < -0.3 is 10.1 Å². The molecule has 0 spiro atoms. The SMILES string of the molecule is C[C@@]1(c2ccc(OC(F)F)cc2)NC(=O)N(CC(=O)c2ccccc2F)C1=O. The highest BCUT2D eigenvalue weighted by molar-refractivity contribution is 6.11. The molecule has 0 unspecified atom stereocenters. The van der Waals surface area contributed by atoms with Gasteiger partial charge in [0.2, 0.25) is 0 Å². The molecule has 0 bridgehead atoms. The van der Waals surface area contributed by atoms with Gasteiger partial charge in [0.05, 0.1) is 12.1 Å². The number of halogens is 3. The van der Waals surface area contributed by atoms with E-state index in [-0.39, 0.29) is 11.3 Å². The normalized spacial score (nSPS) is 19.1. The highest BCUT2D eigenvalue weighted by Gasteiger charge is 2.49. The van der Waals surface area contributed by atoms with Crippen molar-refractivity contribution in [3.05, 3.63) is 65.5 Å². The van der Waals surface area contributed by atoms with Gasteiger partial charge in [0, 0.05) is 0 Å². The molecule has 146 valence electrons. The zero-order valence-electron chi connectivity index (χ0n) is 14.6. The second-order valence-electron chi connectivity index (χ2n) is 6.25. The van der Waals surface area contributed by atoms with Gasteiger partial charge in [0.15, 0.2) is 5.78 Å². The minimum Gasteiger partial charge on any atom is -0.435 e. The zero-order valence-corrected chi connectivity index (χ0v) is 14.6. The number of carbonyl (C=O) groups is 3. The number of ketones is 1. The van der Waals surface area contributed by atoms with E-state index < -0.39 is 42.2 Å². The van der Waals surface area contributed by atoms with E-state index in [0.717, 1.165) is 6.07 Å². The van der Waals surface area contributed by atoms with Crippen LogP contribution in [0.15, 0.2) is 48.5 Å². The first-order valence-corrected chi connectivity index (χ1v) is 8.19. The van der Waals surface area contributed by atoms with Gasteiger partial charge >= 0.3 is 12.6 Å². The molecular weight excluding hydrogens is 377 g/mol. The number of hydrogen-bond donors (Lipinski definition) is 1. The van der Waals surface area contributed by atoms with Crippen molar-refractivity contribution >= 4 is 17.7 Å². The number of urea groups is 1. The molecule has 1 aliphatic rings. The van der Waals surface area contributed by atoms with Crippen LogP contribution in [0.25, 0.3) is 0 Å². The molecule has 1 heterocycles. The second kappa shape index (κ2) is 7.34. The Morgan fingerprint density at radius 1 is 1.14 bits per heavy atom. The molecule has 1 saturated heterocycles.